The van der Waals surface area contributed by atoms with Crippen molar-refractivity contribution in [1.82, 2.24) is 5.43 Å². The number of hydrazine groups is 1. The number of aryl methyl sites for hydroxylation is 2. The van der Waals surface area contributed by atoms with E-state index in [1.54, 1.807) is 11.3 Å². The smallest absolute Gasteiger partial charge is 0.0729 e. The summed E-state index contributed by atoms with van der Waals surface area (Å²) in [6.07, 6.45) is 0. The molecule has 20 heavy (non-hydrogen) atoms. The molecule has 0 saturated heterocycles. The molecule has 0 spiro atoms. The van der Waals surface area contributed by atoms with Crippen LogP contribution in [0.1, 0.15) is 28.3 Å². The molecule has 0 aliphatic rings. The second-order valence-corrected chi connectivity index (χ2v) is 6.01. The van der Waals surface area contributed by atoms with Gasteiger partial charge in [-0.05, 0) is 52.9 Å². The fourth-order valence-electron chi connectivity index (χ4n) is 2.85. The number of rotatable bonds is 3. The van der Waals surface area contributed by atoms with Crippen molar-refractivity contribution in [3.63, 3.8) is 0 Å². The van der Waals surface area contributed by atoms with Gasteiger partial charge < -0.3 is 0 Å². The van der Waals surface area contributed by atoms with Crippen LogP contribution in [0, 0.1) is 13.8 Å². The van der Waals surface area contributed by atoms with Crippen LogP contribution in [0.5, 0.6) is 0 Å². The summed E-state index contributed by atoms with van der Waals surface area (Å²) in [5.74, 6) is 5.89. The highest BCUT2D eigenvalue weighted by Gasteiger charge is 2.19. The van der Waals surface area contributed by atoms with Gasteiger partial charge in [0.15, 0.2) is 0 Å². The Balaban J connectivity index is 2.22. The van der Waals surface area contributed by atoms with Gasteiger partial charge in [0.25, 0.3) is 0 Å². The van der Waals surface area contributed by atoms with Crippen LogP contribution in [0.2, 0.25) is 0 Å². The molecule has 2 aromatic carbocycles. The molecule has 0 amide bonds. The number of hydrogen-bond acceptors (Lipinski definition) is 3. The van der Waals surface area contributed by atoms with Gasteiger partial charge in [-0.1, -0.05) is 36.4 Å². The van der Waals surface area contributed by atoms with E-state index in [0.717, 1.165) is 0 Å². The summed E-state index contributed by atoms with van der Waals surface area (Å²) in [4.78, 5) is 0. The van der Waals surface area contributed by atoms with Crippen LogP contribution in [-0.4, -0.2) is 0 Å². The summed E-state index contributed by atoms with van der Waals surface area (Å²) in [7, 11) is 0. The van der Waals surface area contributed by atoms with Crippen LogP contribution in [0.15, 0.2) is 47.8 Å². The summed E-state index contributed by atoms with van der Waals surface area (Å²) >= 11 is 1.77. The molecule has 3 aromatic rings. The number of nitrogens with two attached hydrogens (primary N) is 1. The van der Waals surface area contributed by atoms with E-state index < -0.39 is 0 Å². The van der Waals surface area contributed by atoms with Gasteiger partial charge in [0, 0.05) is 4.70 Å². The van der Waals surface area contributed by atoms with Crippen molar-refractivity contribution in [2.45, 2.75) is 19.9 Å². The second kappa shape index (κ2) is 5.37. The molecule has 0 radical (unpaired) electrons. The van der Waals surface area contributed by atoms with Gasteiger partial charge in [-0.2, -0.15) is 0 Å². The quantitative estimate of drug-likeness (QED) is 0.561. The lowest BCUT2D eigenvalue weighted by molar-refractivity contribution is 0.635. The number of nitrogens with one attached hydrogen (secondary N) is 1. The van der Waals surface area contributed by atoms with E-state index in [0.29, 0.717) is 0 Å². The number of hydrogen-bond donors (Lipinski definition) is 2. The summed E-state index contributed by atoms with van der Waals surface area (Å²) < 4.78 is 1.30. The maximum atomic E-state index is 5.89. The fourth-order valence-corrected chi connectivity index (χ4v) is 3.80. The first-order valence-electron chi connectivity index (χ1n) is 6.70. The highest BCUT2D eigenvalue weighted by Crippen LogP contribution is 2.34. The predicted octanol–water partition coefficient (Wildman–Crippen LogP) is 4.07. The first kappa shape index (κ1) is 13.3. The van der Waals surface area contributed by atoms with Gasteiger partial charge in [-0.15, -0.1) is 11.3 Å². The van der Waals surface area contributed by atoms with E-state index in [-0.39, 0.29) is 6.04 Å². The number of benzene rings is 2. The molecule has 0 aliphatic carbocycles. The topological polar surface area (TPSA) is 38.0 Å². The molecule has 3 rings (SSSR count). The Labute approximate surface area is 123 Å². The standard InChI is InChI=1S/C17H18N2S/c1-11-5-3-6-12(2)15(11)16(19-18)14-8-4-7-13-9-10-20-17(13)14/h3-10,16,19H,18H2,1-2H3. The Morgan fingerprint density at radius 1 is 1.00 bits per heavy atom. The van der Waals surface area contributed by atoms with Crippen molar-refractivity contribution in [2.75, 3.05) is 0 Å². The zero-order valence-electron chi connectivity index (χ0n) is 11.7. The maximum absolute atomic E-state index is 5.89. The Morgan fingerprint density at radius 2 is 1.70 bits per heavy atom. The second-order valence-electron chi connectivity index (χ2n) is 5.09. The van der Waals surface area contributed by atoms with E-state index in [4.69, 9.17) is 5.84 Å². The van der Waals surface area contributed by atoms with Crippen LogP contribution in [0.25, 0.3) is 10.1 Å². The van der Waals surface area contributed by atoms with Crippen LogP contribution in [0.4, 0.5) is 0 Å². The van der Waals surface area contributed by atoms with E-state index in [1.165, 1.54) is 32.3 Å². The average Bonchev–Trinajstić information content (AvgIpc) is 2.91. The highest BCUT2D eigenvalue weighted by atomic mass is 32.1. The van der Waals surface area contributed by atoms with Crippen molar-refractivity contribution in [3.05, 3.63) is 70.1 Å². The molecular weight excluding hydrogens is 264 g/mol. The molecule has 2 nitrogen and oxygen atoms in total. The summed E-state index contributed by atoms with van der Waals surface area (Å²) in [5, 5.41) is 3.41. The summed E-state index contributed by atoms with van der Waals surface area (Å²) in [6, 6.07) is 15.0. The monoisotopic (exact) mass is 282 g/mol. The van der Waals surface area contributed by atoms with E-state index in [2.05, 4.69) is 67.1 Å². The third-order valence-corrected chi connectivity index (χ3v) is 4.80. The molecule has 0 saturated carbocycles. The number of fused-ring (bicyclic) bond motifs is 1. The minimum absolute atomic E-state index is 0.0264. The normalized spacial score (nSPS) is 12.8. The molecule has 102 valence electrons. The molecule has 1 heterocycles. The molecular formula is C17H18N2S. The van der Waals surface area contributed by atoms with Crippen molar-refractivity contribution in [2.24, 2.45) is 5.84 Å². The number of thiophene rings is 1. The SMILES string of the molecule is Cc1cccc(C)c1C(NN)c1cccc2ccsc12. The van der Waals surface area contributed by atoms with Crippen molar-refractivity contribution in [1.29, 1.82) is 0 Å². The highest BCUT2D eigenvalue weighted by molar-refractivity contribution is 7.17. The molecule has 1 atom stereocenters. The van der Waals surface area contributed by atoms with Gasteiger partial charge in [-0.25, -0.2) is 5.43 Å². The zero-order valence-corrected chi connectivity index (χ0v) is 12.5. The van der Waals surface area contributed by atoms with Gasteiger partial charge >= 0.3 is 0 Å². The van der Waals surface area contributed by atoms with Crippen molar-refractivity contribution in [3.8, 4) is 0 Å². The minimum Gasteiger partial charge on any atom is -0.271 e. The van der Waals surface area contributed by atoms with Gasteiger partial charge in [-0.3, -0.25) is 5.84 Å². The Kier molecular flexibility index (Phi) is 3.57. The molecule has 3 N–H and O–H groups in total. The molecule has 1 unspecified atom stereocenters. The fraction of sp³-hybridized carbons (Fsp3) is 0.176. The van der Waals surface area contributed by atoms with Gasteiger partial charge in [0.1, 0.15) is 0 Å². The maximum Gasteiger partial charge on any atom is 0.0729 e. The Morgan fingerprint density at radius 3 is 2.40 bits per heavy atom. The lowest BCUT2D eigenvalue weighted by atomic mass is 9.91. The lowest BCUT2D eigenvalue weighted by Crippen LogP contribution is -2.30. The van der Waals surface area contributed by atoms with Crippen LogP contribution in [0.3, 0.4) is 0 Å². The van der Waals surface area contributed by atoms with E-state index in [9.17, 15) is 0 Å². The molecule has 3 heteroatoms. The van der Waals surface area contributed by atoms with Crippen LogP contribution in [-0.2, 0) is 0 Å². The zero-order chi connectivity index (χ0) is 14.1. The van der Waals surface area contributed by atoms with Crippen molar-refractivity contribution >= 4 is 21.4 Å². The third-order valence-electron chi connectivity index (χ3n) is 3.82. The van der Waals surface area contributed by atoms with Crippen molar-refractivity contribution < 1.29 is 0 Å². The Hall–Kier alpha value is -1.68. The third kappa shape index (κ3) is 2.14. The molecule has 0 aliphatic heterocycles. The molecule has 1 aromatic heterocycles. The van der Waals surface area contributed by atoms with Gasteiger partial charge in [0.2, 0.25) is 0 Å². The minimum atomic E-state index is 0.0264. The summed E-state index contributed by atoms with van der Waals surface area (Å²) in [6.45, 7) is 4.28. The first-order valence-corrected chi connectivity index (χ1v) is 7.58. The van der Waals surface area contributed by atoms with Crippen LogP contribution >= 0.6 is 11.3 Å². The lowest BCUT2D eigenvalue weighted by Gasteiger charge is -2.22. The first-order chi connectivity index (χ1) is 9.72. The predicted molar refractivity (Wildman–Crippen MR) is 86.9 cm³/mol. The summed E-state index contributed by atoms with van der Waals surface area (Å²) in [5.41, 5.74) is 8.06. The Bertz CT molecular complexity index is 725. The van der Waals surface area contributed by atoms with Crippen LogP contribution < -0.4 is 11.3 Å². The largest absolute Gasteiger partial charge is 0.271 e. The molecule has 0 bridgehead atoms. The van der Waals surface area contributed by atoms with Gasteiger partial charge in [0.05, 0.1) is 6.04 Å². The average molecular weight is 282 g/mol. The van der Waals surface area contributed by atoms with E-state index in [1.807, 2.05) is 0 Å². The van der Waals surface area contributed by atoms with E-state index >= 15 is 0 Å². The molecule has 0 fully saturated rings.